The predicted octanol–water partition coefficient (Wildman–Crippen LogP) is 3.87. The number of amides is 1. The third kappa shape index (κ3) is 5.97. The smallest absolute Gasteiger partial charge is 0.235 e. The van der Waals surface area contributed by atoms with Crippen molar-refractivity contribution in [3.63, 3.8) is 0 Å². The van der Waals surface area contributed by atoms with E-state index in [9.17, 15) is 10.1 Å². The van der Waals surface area contributed by atoms with Gasteiger partial charge in [-0.05, 0) is 43.6 Å². The van der Waals surface area contributed by atoms with E-state index in [1.165, 1.54) is 0 Å². The first kappa shape index (κ1) is 23.0. The number of carbonyl (C=O) groups excluding carboxylic acids is 1. The van der Waals surface area contributed by atoms with Crippen molar-refractivity contribution in [2.45, 2.75) is 58.8 Å². The highest BCUT2D eigenvalue weighted by Crippen LogP contribution is 2.41. The molecule has 5 heteroatoms. The quantitative estimate of drug-likeness (QED) is 0.569. The summed E-state index contributed by atoms with van der Waals surface area (Å²) in [7, 11) is 0. The highest BCUT2D eigenvalue weighted by Gasteiger charge is 2.42. The fraction of sp³-hybridized carbons (Fsp3) is 0.636. The minimum absolute atomic E-state index is 0.538. The molecule has 5 nitrogen and oxygen atoms in total. The minimum atomic E-state index is -0.827. The van der Waals surface area contributed by atoms with Gasteiger partial charge in [-0.1, -0.05) is 52.7 Å². The number of hydrogen-bond donors (Lipinski definition) is 1. The van der Waals surface area contributed by atoms with Crippen molar-refractivity contribution in [2.75, 3.05) is 26.2 Å². The van der Waals surface area contributed by atoms with Crippen molar-refractivity contribution in [3.8, 4) is 11.8 Å². The normalized spacial score (nSPS) is 12.6. The molecule has 2 N–H and O–H groups in total. The molecule has 0 heterocycles. The van der Waals surface area contributed by atoms with E-state index in [2.05, 4.69) is 38.7 Å². The molecule has 0 saturated heterocycles. The van der Waals surface area contributed by atoms with Gasteiger partial charge < -0.3 is 15.4 Å². The number of primary amides is 1. The molecule has 1 amide bonds. The van der Waals surface area contributed by atoms with Gasteiger partial charge in [-0.3, -0.25) is 4.79 Å². The van der Waals surface area contributed by atoms with E-state index in [4.69, 9.17) is 10.5 Å². The number of ether oxygens (including phenoxy) is 1. The van der Waals surface area contributed by atoms with Crippen LogP contribution in [0.5, 0.6) is 5.75 Å². The lowest BCUT2D eigenvalue weighted by Crippen LogP contribution is -2.42. The molecule has 0 fully saturated rings. The summed E-state index contributed by atoms with van der Waals surface area (Å²) >= 11 is 0. The average Bonchev–Trinajstić information content (AvgIpc) is 2.66. The van der Waals surface area contributed by atoms with E-state index in [1.807, 2.05) is 24.3 Å². The number of nitrogens with two attached hydrogens (primary N) is 1. The average molecular weight is 374 g/mol. The standard InChI is InChI=1S/C22H35N3O2/c1-5-13-22(14-6-2,20(17-23)21(24)26)18-9-11-19(12-10-18)27-16-15-25(7-3)8-4/h9-12,20H,5-8,13-16H2,1-4H3,(H2,24,26). The Kier molecular flexibility index (Phi) is 9.88. The van der Waals surface area contributed by atoms with Crippen LogP contribution in [0, 0.1) is 17.2 Å². The molecule has 0 aliphatic rings. The van der Waals surface area contributed by atoms with E-state index in [-0.39, 0.29) is 0 Å². The van der Waals surface area contributed by atoms with Crippen LogP contribution in [0.3, 0.4) is 0 Å². The van der Waals surface area contributed by atoms with Gasteiger partial charge in [-0.25, -0.2) is 0 Å². The third-order valence-electron chi connectivity index (χ3n) is 5.36. The third-order valence-corrected chi connectivity index (χ3v) is 5.36. The maximum atomic E-state index is 12.0. The van der Waals surface area contributed by atoms with Crippen LogP contribution in [0.25, 0.3) is 0 Å². The Bertz CT molecular complexity index is 597. The number of benzene rings is 1. The monoisotopic (exact) mass is 373 g/mol. The second-order valence-electron chi connectivity index (χ2n) is 7.02. The zero-order valence-electron chi connectivity index (χ0n) is 17.3. The highest BCUT2D eigenvalue weighted by atomic mass is 16.5. The summed E-state index contributed by atoms with van der Waals surface area (Å²) in [5.41, 5.74) is 6.05. The molecule has 0 saturated carbocycles. The molecular formula is C22H35N3O2. The summed E-state index contributed by atoms with van der Waals surface area (Å²) in [6, 6.07) is 10.0. The van der Waals surface area contributed by atoms with Crippen LogP contribution >= 0.6 is 0 Å². The lowest BCUT2D eigenvalue weighted by atomic mass is 9.65. The molecule has 0 aliphatic heterocycles. The summed E-state index contributed by atoms with van der Waals surface area (Å²) in [6.07, 6.45) is 3.27. The molecule has 1 atom stereocenters. The summed E-state index contributed by atoms with van der Waals surface area (Å²) in [4.78, 5) is 14.3. The molecular weight excluding hydrogens is 338 g/mol. The first-order valence-corrected chi connectivity index (χ1v) is 10.1. The number of rotatable bonds is 13. The van der Waals surface area contributed by atoms with Crippen molar-refractivity contribution < 1.29 is 9.53 Å². The fourth-order valence-electron chi connectivity index (χ4n) is 3.94. The van der Waals surface area contributed by atoms with Crippen LogP contribution in [0.4, 0.5) is 0 Å². The second kappa shape index (κ2) is 11.6. The van der Waals surface area contributed by atoms with E-state index >= 15 is 0 Å². The molecule has 1 rings (SSSR count). The summed E-state index contributed by atoms with van der Waals surface area (Å²) in [5.74, 6) is -0.564. The van der Waals surface area contributed by atoms with Gasteiger partial charge in [0.2, 0.25) is 5.91 Å². The molecule has 1 unspecified atom stereocenters. The van der Waals surface area contributed by atoms with Gasteiger partial charge in [0.15, 0.2) is 0 Å². The molecule has 0 radical (unpaired) electrons. The number of likely N-dealkylation sites (N-methyl/N-ethyl adjacent to an activating group) is 1. The van der Waals surface area contributed by atoms with Crippen molar-refractivity contribution in [1.82, 2.24) is 4.90 Å². The van der Waals surface area contributed by atoms with Gasteiger partial charge in [-0.2, -0.15) is 5.26 Å². The minimum Gasteiger partial charge on any atom is -0.492 e. The summed E-state index contributed by atoms with van der Waals surface area (Å²) in [5, 5.41) is 9.64. The first-order valence-electron chi connectivity index (χ1n) is 10.1. The molecule has 1 aromatic carbocycles. The van der Waals surface area contributed by atoms with Crippen molar-refractivity contribution in [2.24, 2.45) is 11.7 Å². The van der Waals surface area contributed by atoms with Crippen LogP contribution in [-0.4, -0.2) is 37.0 Å². The zero-order chi connectivity index (χ0) is 20.3. The van der Waals surface area contributed by atoms with E-state index < -0.39 is 17.2 Å². The van der Waals surface area contributed by atoms with Crippen LogP contribution < -0.4 is 10.5 Å². The molecule has 1 aromatic rings. The lowest BCUT2D eigenvalue weighted by molar-refractivity contribution is -0.122. The summed E-state index contributed by atoms with van der Waals surface area (Å²) < 4.78 is 5.86. The first-order chi connectivity index (χ1) is 13.0. The Labute approximate surface area is 164 Å². The van der Waals surface area contributed by atoms with Crippen LogP contribution in [0.15, 0.2) is 24.3 Å². The molecule has 0 spiro atoms. The largest absolute Gasteiger partial charge is 0.492 e. The maximum Gasteiger partial charge on any atom is 0.235 e. The Morgan fingerprint density at radius 3 is 2.11 bits per heavy atom. The zero-order valence-corrected chi connectivity index (χ0v) is 17.3. The molecule has 150 valence electrons. The van der Waals surface area contributed by atoms with Crippen molar-refractivity contribution in [1.29, 1.82) is 5.26 Å². The van der Waals surface area contributed by atoms with E-state index in [0.717, 1.165) is 56.6 Å². The molecule has 0 bridgehead atoms. The molecule has 0 aromatic heterocycles. The number of nitrogens with zero attached hydrogens (tertiary/aromatic N) is 2. The van der Waals surface area contributed by atoms with Crippen LogP contribution in [-0.2, 0) is 10.2 Å². The van der Waals surface area contributed by atoms with Gasteiger partial charge in [0.05, 0.1) is 6.07 Å². The van der Waals surface area contributed by atoms with Crippen LogP contribution in [0.2, 0.25) is 0 Å². The van der Waals surface area contributed by atoms with E-state index in [1.54, 1.807) is 0 Å². The van der Waals surface area contributed by atoms with E-state index in [0.29, 0.717) is 6.61 Å². The highest BCUT2D eigenvalue weighted by molar-refractivity contribution is 5.81. The van der Waals surface area contributed by atoms with Crippen molar-refractivity contribution in [3.05, 3.63) is 29.8 Å². The summed E-state index contributed by atoms with van der Waals surface area (Å²) in [6.45, 7) is 12.0. The second-order valence-corrected chi connectivity index (χ2v) is 7.02. The fourth-order valence-corrected chi connectivity index (χ4v) is 3.94. The van der Waals surface area contributed by atoms with Gasteiger partial charge in [-0.15, -0.1) is 0 Å². The molecule has 27 heavy (non-hydrogen) atoms. The Hall–Kier alpha value is -2.06. The Balaban J connectivity index is 3.03. The van der Waals surface area contributed by atoms with Crippen molar-refractivity contribution >= 4 is 5.91 Å². The Morgan fingerprint density at radius 1 is 1.15 bits per heavy atom. The van der Waals surface area contributed by atoms with Gasteiger partial charge >= 0.3 is 0 Å². The SMILES string of the molecule is CCCC(CCC)(c1ccc(OCCN(CC)CC)cc1)C(C#N)C(N)=O. The maximum absolute atomic E-state index is 12.0. The van der Waals surface area contributed by atoms with Gasteiger partial charge in [0.1, 0.15) is 18.3 Å². The lowest BCUT2D eigenvalue weighted by Gasteiger charge is -2.37. The van der Waals surface area contributed by atoms with Crippen LogP contribution in [0.1, 0.15) is 58.9 Å². The number of nitriles is 1. The predicted molar refractivity (Wildman–Crippen MR) is 110 cm³/mol. The van der Waals surface area contributed by atoms with Gasteiger partial charge in [0.25, 0.3) is 0 Å². The molecule has 0 aliphatic carbocycles. The Morgan fingerprint density at radius 2 is 1.70 bits per heavy atom. The number of carbonyl (C=O) groups is 1. The number of hydrogen-bond acceptors (Lipinski definition) is 4. The van der Waals surface area contributed by atoms with Gasteiger partial charge in [0, 0.05) is 12.0 Å². The topological polar surface area (TPSA) is 79.3 Å².